The normalized spacial score (nSPS) is 15.8. The molecule has 2 aromatic carbocycles. The number of nitrogens with one attached hydrogen (secondary N) is 1. The number of nitrogens with zero attached hydrogens (tertiary/aromatic N) is 2. The van der Waals surface area contributed by atoms with E-state index >= 15 is 0 Å². The number of amides is 5. The molecular weight excluding hydrogens is 678 g/mol. The molecule has 0 aromatic heterocycles. The van der Waals surface area contributed by atoms with Gasteiger partial charge in [0, 0.05) is 17.2 Å². The monoisotopic (exact) mass is 725 g/mol. The van der Waals surface area contributed by atoms with E-state index in [0.29, 0.717) is 33.5 Å². The van der Waals surface area contributed by atoms with E-state index in [1.807, 2.05) is 6.92 Å². The highest BCUT2D eigenvalue weighted by atomic mass is 79.9. The molecular formula is C37H48BrN3O7. The molecule has 11 heteroatoms. The fourth-order valence-electron chi connectivity index (χ4n) is 5.67. The van der Waals surface area contributed by atoms with Crippen molar-refractivity contribution in [2.24, 2.45) is 0 Å². The Bertz CT molecular complexity index is 1430. The molecule has 0 saturated carbocycles. The van der Waals surface area contributed by atoms with Gasteiger partial charge in [-0.05, 0) is 37.8 Å². The van der Waals surface area contributed by atoms with Gasteiger partial charge in [0.25, 0.3) is 17.5 Å². The summed E-state index contributed by atoms with van der Waals surface area (Å²) in [6, 6.07) is 14.6. The van der Waals surface area contributed by atoms with Crippen LogP contribution in [-0.4, -0.2) is 53.6 Å². The number of para-hydroxylation sites is 1. The number of ketones is 1. The number of anilines is 1. The van der Waals surface area contributed by atoms with E-state index in [4.69, 9.17) is 9.47 Å². The van der Waals surface area contributed by atoms with Crippen LogP contribution in [0.25, 0.3) is 0 Å². The zero-order valence-electron chi connectivity index (χ0n) is 28.5. The first-order chi connectivity index (χ1) is 23.2. The maximum atomic E-state index is 14.9. The molecule has 260 valence electrons. The minimum atomic E-state index is -2.91. The molecule has 1 N–H and O–H groups in total. The third-order valence-electron chi connectivity index (χ3n) is 8.35. The quantitative estimate of drug-likeness (QED) is 0.0506. The third kappa shape index (κ3) is 9.19. The Balaban J connectivity index is 2.07. The number of unbranched alkanes of at least 4 members (excludes halogenated alkanes) is 7. The first kappa shape index (κ1) is 38.6. The number of hydrogen-bond donors (Lipinski definition) is 1. The summed E-state index contributed by atoms with van der Waals surface area (Å²) in [5.41, 5.74) is -2.97. The number of carbonyl (C=O) groups excluding carboxylic acids is 5. The third-order valence-corrected chi connectivity index (χ3v) is 9.31. The second kappa shape index (κ2) is 19.2. The summed E-state index contributed by atoms with van der Waals surface area (Å²) in [6.45, 7) is 5.99. The molecule has 5 amide bonds. The van der Waals surface area contributed by atoms with Gasteiger partial charge in [0.05, 0.1) is 5.69 Å². The van der Waals surface area contributed by atoms with Crippen molar-refractivity contribution in [2.75, 3.05) is 12.0 Å². The van der Waals surface area contributed by atoms with Crippen LogP contribution in [0.3, 0.4) is 0 Å². The predicted molar refractivity (Wildman–Crippen MR) is 188 cm³/mol. The van der Waals surface area contributed by atoms with Gasteiger partial charge in [-0.1, -0.05) is 137 Å². The Hall–Kier alpha value is -3.83. The molecule has 1 aliphatic rings. The topological polar surface area (TPSA) is 122 Å². The van der Waals surface area contributed by atoms with Crippen LogP contribution in [0.5, 0.6) is 0 Å². The molecule has 1 heterocycles. The second-order valence-corrected chi connectivity index (χ2v) is 12.7. The van der Waals surface area contributed by atoms with Crippen LogP contribution in [-0.2, 0) is 19.1 Å². The van der Waals surface area contributed by atoms with Gasteiger partial charge >= 0.3 is 12.1 Å². The Kier molecular flexibility index (Phi) is 15.5. The van der Waals surface area contributed by atoms with Gasteiger partial charge in [-0.3, -0.25) is 14.4 Å². The van der Waals surface area contributed by atoms with Crippen molar-refractivity contribution in [1.82, 2.24) is 10.2 Å². The van der Waals surface area contributed by atoms with Crippen molar-refractivity contribution in [1.29, 1.82) is 0 Å². The molecule has 1 aliphatic heterocycles. The van der Waals surface area contributed by atoms with Gasteiger partial charge < -0.3 is 14.8 Å². The van der Waals surface area contributed by atoms with Gasteiger partial charge in [0.15, 0.2) is 0 Å². The Morgan fingerprint density at radius 3 is 1.98 bits per heavy atom. The molecule has 0 aliphatic carbocycles. The fourth-order valence-corrected chi connectivity index (χ4v) is 5.94. The molecule has 0 radical (unpaired) electrons. The lowest BCUT2D eigenvalue weighted by atomic mass is 9.96. The first-order valence-electron chi connectivity index (χ1n) is 17.0. The number of rotatable bonds is 19. The van der Waals surface area contributed by atoms with E-state index in [1.165, 1.54) is 43.5 Å². The number of benzene rings is 2. The number of methoxy groups -OCH3 is 1. The second-order valence-electron chi connectivity index (χ2n) is 11.8. The van der Waals surface area contributed by atoms with E-state index in [-0.39, 0.29) is 16.9 Å². The summed E-state index contributed by atoms with van der Waals surface area (Å²) in [6.07, 6.45) is 9.44. The maximum Gasteiger partial charge on any atom is 0.421 e. The Labute approximate surface area is 292 Å². The summed E-state index contributed by atoms with van der Waals surface area (Å²) >= 11 is 3.31. The summed E-state index contributed by atoms with van der Waals surface area (Å²) in [7, 11) is 1.05. The van der Waals surface area contributed by atoms with Crippen LogP contribution in [0.4, 0.5) is 15.3 Å². The highest BCUT2D eigenvalue weighted by Gasteiger charge is 2.62. The molecule has 1 fully saturated rings. The van der Waals surface area contributed by atoms with Crippen LogP contribution in [0.15, 0.2) is 70.8 Å². The fraction of sp³-hybridized carbons (Fsp3) is 0.486. The highest BCUT2D eigenvalue weighted by Crippen LogP contribution is 2.34. The first-order valence-corrected chi connectivity index (χ1v) is 17.8. The number of halogens is 1. The van der Waals surface area contributed by atoms with E-state index in [1.54, 1.807) is 43.3 Å². The van der Waals surface area contributed by atoms with Gasteiger partial charge in [0.2, 0.25) is 5.78 Å². The summed E-state index contributed by atoms with van der Waals surface area (Å²) in [5.74, 6) is -3.24. The zero-order valence-corrected chi connectivity index (χ0v) is 30.1. The van der Waals surface area contributed by atoms with Crippen LogP contribution >= 0.6 is 15.9 Å². The summed E-state index contributed by atoms with van der Waals surface area (Å²) < 4.78 is 12.1. The molecule has 1 saturated heterocycles. The van der Waals surface area contributed by atoms with E-state index < -0.39 is 41.6 Å². The molecule has 2 aromatic rings. The van der Waals surface area contributed by atoms with Crippen LogP contribution in [0.1, 0.15) is 108 Å². The highest BCUT2D eigenvalue weighted by molar-refractivity contribution is 9.11. The van der Waals surface area contributed by atoms with E-state index in [2.05, 4.69) is 28.2 Å². The smallest absolute Gasteiger partial charge is 0.421 e. The molecule has 0 spiro atoms. The average molecular weight is 727 g/mol. The van der Waals surface area contributed by atoms with Crippen LogP contribution in [0.2, 0.25) is 0 Å². The summed E-state index contributed by atoms with van der Waals surface area (Å²) in [4.78, 5) is 72.1. The number of Topliss-reactive ketones (excluding diaryl/α,β-unsaturated/α-hetero) is 1. The lowest BCUT2D eigenvalue weighted by Gasteiger charge is -2.38. The molecule has 10 nitrogen and oxygen atoms in total. The number of carbonyl (C=O) groups is 5. The van der Waals surface area contributed by atoms with Gasteiger partial charge in [0.1, 0.15) is 11.8 Å². The molecule has 2 atom stereocenters. The van der Waals surface area contributed by atoms with Gasteiger partial charge in [-0.2, -0.15) is 0 Å². The largest absolute Gasteiger partial charge is 0.446 e. The van der Waals surface area contributed by atoms with Gasteiger partial charge in [-0.25, -0.2) is 19.4 Å². The average Bonchev–Trinajstić information content (AvgIpc) is 3.41. The number of ether oxygens (including phenoxy) is 2. The van der Waals surface area contributed by atoms with Crippen LogP contribution in [0, 0.1) is 0 Å². The van der Waals surface area contributed by atoms with Crippen LogP contribution < -0.4 is 10.2 Å². The molecule has 0 bridgehead atoms. The van der Waals surface area contributed by atoms with Crippen molar-refractivity contribution >= 4 is 51.3 Å². The van der Waals surface area contributed by atoms with E-state index in [0.717, 1.165) is 45.6 Å². The zero-order chi connectivity index (χ0) is 35.1. The van der Waals surface area contributed by atoms with Crippen molar-refractivity contribution in [3.63, 3.8) is 0 Å². The lowest BCUT2D eigenvalue weighted by Crippen LogP contribution is -2.68. The minimum Gasteiger partial charge on any atom is -0.446 e. The Morgan fingerprint density at radius 2 is 1.40 bits per heavy atom. The molecule has 3 rings (SSSR count). The number of urea groups is 1. The van der Waals surface area contributed by atoms with Crippen molar-refractivity contribution < 1.29 is 33.4 Å². The predicted octanol–water partition coefficient (Wildman–Crippen LogP) is 8.65. The van der Waals surface area contributed by atoms with Crippen molar-refractivity contribution in [3.8, 4) is 0 Å². The SMILES string of the molecule is CCCCCCCCCC(CCCC)OC(=O)N(C(=O)C(OC)(C(=O)c1ccccc1)N1C(=O)NC(=C(Br)CC)C1=O)c1ccccc1. The number of imide groups is 2. The number of hydrogen-bond acceptors (Lipinski definition) is 7. The van der Waals surface area contributed by atoms with Crippen molar-refractivity contribution in [2.45, 2.75) is 110 Å². The molecule has 48 heavy (non-hydrogen) atoms. The minimum absolute atomic E-state index is 0.0126. The maximum absolute atomic E-state index is 14.9. The lowest BCUT2D eigenvalue weighted by molar-refractivity contribution is -0.158. The summed E-state index contributed by atoms with van der Waals surface area (Å²) in [5, 5.41) is 2.46. The van der Waals surface area contributed by atoms with Crippen molar-refractivity contribution in [3.05, 3.63) is 76.4 Å². The standard InChI is InChI=1S/C37H48BrN3O7/c1-5-8-10-11-12-13-20-26-29(25-9-6-2)48-36(46)40(28-23-18-15-19-24-28)34(44)37(47-4,32(42)27-21-16-14-17-22-27)41-33(43)31(30(38)7-3)39-35(41)45/h14-19,21-24,29H,5-13,20,25-26H2,1-4H3,(H,39,45). The van der Waals surface area contributed by atoms with E-state index in [9.17, 15) is 24.0 Å². The number of allylic oxidation sites excluding steroid dienone is 1. The Morgan fingerprint density at radius 1 is 0.833 bits per heavy atom. The van der Waals surface area contributed by atoms with Gasteiger partial charge in [-0.15, -0.1) is 0 Å². The molecule has 2 unspecified atom stereocenters.